The van der Waals surface area contributed by atoms with E-state index in [1.165, 1.54) is 0 Å². The van der Waals surface area contributed by atoms with Crippen LogP contribution >= 0.6 is 0 Å². The SMILES string of the molecule is CCOC(=O)c1ccc(C(=O)N2CCCC(C3OCCO3)C2)nc1C. The van der Waals surface area contributed by atoms with Crippen molar-refractivity contribution in [2.24, 2.45) is 5.92 Å². The average Bonchev–Trinajstić information content (AvgIpc) is 3.16. The largest absolute Gasteiger partial charge is 0.462 e. The smallest absolute Gasteiger partial charge is 0.339 e. The summed E-state index contributed by atoms with van der Waals surface area (Å²) in [6.07, 6.45) is 1.69. The zero-order valence-corrected chi connectivity index (χ0v) is 14.7. The van der Waals surface area contributed by atoms with Gasteiger partial charge in [-0.3, -0.25) is 4.79 Å². The Hall–Kier alpha value is -1.99. The summed E-state index contributed by atoms with van der Waals surface area (Å²) < 4.78 is 16.2. The Morgan fingerprint density at radius 3 is 2.76 bits per heavy atom. The third-order valence-corrected chi connectivity index (χ3v) is 4.58. The van der Waals surface area contributed by atoms with Crippen LogP contribution in [0.15, 0.2) is 12.1 Å². The third-order valence-electron chi connectivity index (χ3n) is 4.58. The van der Waals surface area contributed by atoms with Crippen LogP contribution < -0.4 is 0 Å². The van der Waals surface area contributed by atoms with Crippen molar-refractivity contribution in [1.82, 2.24) is 9.88 Å². The Balaban J connectivity index is 1.69. The molecule has 1 atom stereocenters. The number of likely N-dealkylation sites (tertiary alicyclic amines) is 1. The highest BCUT2D eigenvalue weighted by Crippen LogP contribution is 2.25. The maximum atomic E-state index is 12.8. The number of hydrogen-bond donors (Lipinski definition) is 0. The van der Waals surface area contributed by atoms with E-state index in [0.717, 1.165) is 12.8 Å². The van der Waals surface area contributed by atoms with Crippen LogP contribution in [-0.4, -0.2) is 61.0 Å². The maximum absolute atomic E-state index is 12.8. The van der Waals surface area contributed by atoms with Gasteiger partial charge in [0, 0.05) is 19.0 Å². The van der Waals surface area contributed by atoms with Crippen molar-refractivity contribution in [3.05, 3.63) is 29.1 Å². The summed E-state index contributed by atoms with van der Waals surface area (Å²) in [6.45, 7) is 6.30. The van der Waals surface area contributed by atoms with Crippen LogP contribution in [0.3, 0.4) is 0 Å². The maximum Gasteiger partial charge on any atom is 0.339 e. The summed E-state index contributed by atoms with van der Waals surface area (Å²) in [4.78, 5) is 30.8. The summed E-state index contributed by atoms with van der Waals surface area (Å²) in [7, 11) is 0. The molecular weight excluding hydrogens is 324 g/mol. The molecule has 0 N–H and O–H groups in total. The molecule has 7 nitrogen and oxygen atoms in total. The Morgan fingerprint density at radius 1 is 1.32 bits per heavy atom. The lowest BCUT2D eigenvalue weighted by Gasteiger charge is -2.34. The number of amides is 1. The molecule has 0 spiro atoms. The Kier molecular flexibility index (Phi) is 5.65. The van der Waals surface area contributed by atoms with Crippen molar-refractivity contribution in [1.29, 1.82) is 0 Å². The highest BCUT2D eigenvalue weighted by molar-refractivity contribution is 5.95. The second-order valence-electron chi connectivity index (χ2n) is 6.31. The molecule has 2 aliphatic rings. The molecule has 0 aliphatic carbocycles. The van der Waals surface area contributed by atoms with Gasteiger partial charge >= 0.3 is 5.97 Å². The first-order chi connectivity index (χ1) is 12.1. The van der Waals surface area contributed by atoms with Gasteiger partial charge in [0.05, 0.1) is 31.1 Å². The van der Waals surface area contributed by atoms with Gasteiger partial charge in [-0.05, 0) is 38.8 Å². The van der Waals surface area contributed by atoms with Gasteiger partial charge in [-0.25, -0.2) is 9.78 Å². The second kappa shape index (κ2) is 7.93. The molecule has 1 aromatic heterocycles. The normalized spacial score (nSPS) is 21.4. The lowest BCUT2D eigenvalue weighted by atomic mass is 9.97. The van der Waals surface area contributed by atoms with Crippen LogP contribution in [0.4, 0.5) is 0 Å². The highest BCUT2D eigenvalue weighted by Gasteiger charge is 2.33. The Labute approximate surface area is 147 Å². The minimum absolute atomic E-state index is 0.124. The van der Waals surface area contributed by atoms with Crippen molar-refractivity contribution in [2.75, 3.05) is 32.9 Å². The predicted octanol–water partition coefficient (Wildman–Crippen LogP) is 1.79. The molecular formula is C18H24N2O5. The van der Waals surface area contributed by atoms with Crippen molar-refractivity contribution >= 4 is 11.9 Å². The van der Waals surface area contributed by atoms with Crippen LogP contribution in [0, 0.1) is 12.8 Å². The second-order valence-corrected chi connectivity index (χ2v) is 6.31. The summed E-state index contributed by atoms with van der Waals surface area (Å²) in [5.74, 6) is -0.346. The van der Waals surface area contributed by atoms with E-state index in [0.29, 0.717) is 49.9 Å². The summed E-state index contributed by atoms with van der Waals surface area (Å²) in [5, 5.41) is 0. The number of esters is 1. The predicted molar refractivity (Wildman–Crippen MR) is 89.3 cm³/mol. The number of carbonyl (C=O) groups excluding carboxylic acids is 2. The molecule has 2 saturated heterocycles. The molecule has 7 heteroatoms. The molecule has 1 amide bonds. The lowest BCUT2D eigenvalue weighted by Crippen LogP contribution is -2.44. The highest BCUT2D eigenvalue weighted by atomic mass is 16.7. The van der Waals surface area contributed by atoms with Crippen molar-refractivity contribution < 1.29 is 23.8 Å². The Morgan fingerprint density at radius 2 is 2.08 bits per heavy atom. The topological polar surface area (TPSA) is 78.0 Å². The lowest BCUT2D eigenvalue weighted by molar-refractivity contribution is -0.0969. The number of hydrogen-bond acceptors (Lipinski definition) is 6. The van der Waals surface area contributed by atoms with E-state index >= 15 is 0 Å². The number of aryl methyl sites for hydroxylation is 1. The summed E-state index contributed by atoms with van der Waals surface area (Å²) in [6, 6.07) is 3.20. The molecule has 0 aromatic carbocycles. The number of pyridine rings is 1. The van der Waals surface area contributed by atoms with Gasteiger partial charge < -0.3 is 19.1 Å². The monoisotopic (exact) mass is 348 g/mol. The van der Waals surface area contributed by atoms with E-state index in [9.17, 15) is 9.59 Å². The first-order valence-corrected chi connectivity index (χ1v) is 8.77. The van der Waals surface area contributed by atoms with E-state index in [-0.39, 0.29) is 18.1 Å². The molecule has 3 heterocycles. The van der Waals surface area contributed by atoms with E-state index in [4.69, 9.17) is 14.2 Å². The van der Waals surface area contributed by atoms with Crippen LogP contribution in [0.2, 0.25) is 0 Å². The van der Waals surface area contributed by atoms with Crippen LogP contribution in [-0.2, 0) is 14.2 Å². The standard InChI is InChI=1S/C18H24N2O5/c1-3-23-17(22)14-6-7-15(19-12(14)2)16(21)20-8-4-5-13(11-20)18-24-9-10-25-18/h6-7,13,18H,3-5,8-11H2,1-2H3. The van der Waals surface area contributed by atoms with Gasteiger partial charge in [0.15, 0.2) is 6.29 Å². The Bertz CT molecular complexity index is 642. The minimum atomic E-state index is -0.417. The van der Waals surface area contributed by atoms with Crippen LogP contribution in [0.25, 0.3) is 0 Å². The first kappa shape index (κ1) is 17.8. The number of nitrogens with zero attached hydrogens (tertiary/aromatic N) is 2. The number of piperidine rings is 1. The van der Waals surface area contributed by atoms with Gasteiger partial charge in [-0.15, -0.1) is 0 Å². The molecule has 2 fully saturated rings. The molecule has 3 rings (SSSR count). The minimum Gasteiger partial charge on any atom is -0.462 e. The quantitative estimate of drug-likeness (QED) is 0.772. The zero-order chi connectivity index (χ0) is 17.8. The number of aromatic nitrogens is 1. The van der Waals surface area contributed by atoms with E-state index in [1.54, 1.807) is 30.9 Å². The fourth-order valence-corrected chi connectivity index (χ4v) is 3.33. The molecule has 0 bridgehead atoms. The average molecular weight is 348 g/mol. The van der Waals surface area contributed by atoms with E-state index in [2.05, 4.69) is 4.98 Å². The zero-order valence-electron chi connectivity index (χ0n) is 14.7. The van der Waals surface area contributed by atoms with Crippen molar-refractivity contribution in [3.63, 3.8) is 0 Å². The van der Waals surface area contributed by atoms with Crippen molar-refractivity contribution in [2.45, 2.75) is 33.0 Å². The van der Waals surface area contributed by atoms with Crippen LogP contribution in [0.1, 0.15) is 46.3 Å². The summed E-state index contributed by atoms with van der Waals surface area (Å²) >= 11 is 0. The van der Waals surface area contributed by atoms with Gasteiger partial charge in [-0.2, -0.15) is 0 Å². The molecule has 1 unspecified atom stereocenters. The summed E-state index contributed by atoms with van der Waals surface area (Å²) in [5.41, 5.74) is 1.24. The third kappa shape index (κ3) is 3.99. The van der Waals surface area contributed by atoms with Gasteiger partial charge in [0.1, 0.15) is 5.69 Å². The van der Waals surface area contributed by atoms with Gasteiger partial charge in [-0.1, -0.05) is 0 Å². The molecule has 1 aromatic rings. The first-order valence-electron chi connectivity index (χ1n) is 8.77. The molecule has 0 saturated carbocycles. The van der Waals surface area contributed by atoms with E-state index < -0.39 is 5.97 Å². The molecule has 0 radical (unpaired) electrons. The van der Waals surface area contributed by atoms with Gasteiger partial charge in [0.25, 0.3) is 5.91 Å². The number of ether oxygens (including phenoxy) is 3. The number of carbonyl (C=O) groups is 2. The number of rotatable bonds is 4. The molecule has 136 valence electrons. The molecule has 25 heavy (non-hydrogen) atoms. The fraction of sp³-hybridized carbons (Fsp3) is 0.611. The fourth-order valence-electron chi connectivity index (χ4n) is 3.33. The molecule has 2 aliphatic heterocycles. The van der Waals surface area contributed by atoms with Crippen LogP contribution in [0.5, 0.6) is 0 Å². The van der Waals surface area contributed by atoms with Crippen molar-refractivity contribution in [3.8, 4) is 0 Å². The van der Waals surface area contributed by atoms with Gasteiger partial charge in [0.2, 0.25) is 0 Å². The van der Waals surface area contributed by atoms with E-state index in [1.807, 2.05) is 0 Å².